The maximum atomic E-state index is 11.9. The van der Waals surface area contributed by atoms with Crippen molar-refractivity contribution in [2.24, 2.45) is 0 Å². The van der Waals surface area contributed by atoms with Gasteiger partial charge in [-0.15, -0.1) is 11.3 Å². The Morgan fingerprint density at radius 1 is 1.33 bits per heavy atom. The van der Waals surface area contributed by atoms with Gasteiger partial charge in [0.1, 0.15) is 0 Å². The molecule has 0 bridgehead atoms. The third-order valence-electron chi connectivity index (χ3n) is 4.06. The summed E-state index contributed by atoms with van der Waals surface area (Å²) in [5, 5.41) is 10.0. The highest BCUT2D eigenvalue weighted by Gasteiger charge is 2.23. The van der Waals surface area contributed by atoms with E-state index in [0.29, 0.717) is 6.04 Å². The SMILES string of the molecule is Cc1ccc(=O)n(C2CCC(NCc3cscn3)CC2)n1. The first kappa shape index (κ1) is 14.4. The summed E-state index contributed by atoms with van der Waals surface area (Å²) in [7, 11) is 0. The van der Waals surface area contributed by atoms with Gasteiger partial charge in [0, 0.05) is 24.0 Å². The third-order valence-corrected chi connectivity index (χ3v) is 4.69. The minimum atomic E-state index is 0.0134. The monoisotopic (exact) mass is 304 g/mol. The van der Waals surface area contributed by atoms with Crippen LogP contribution in [0.1, 0.15) is 43.1 Å². The molecule has 2 aromatic heterocycles. The van der Waals surface area contributed by atoms with Crippen molar-refractivity contribution in [1.29, 1.82) is 0 Å². The minimum absolute atomic E-state index is 0.0134. The summed E-state index contributed by atoms with van der Waals surface area (Å²) in [5.74, 6) is 0. The van der Waals surface area contributed by atoms with Crippen molar-refractivity contribution in [3.8, 4) is 0 Å². The maximum Gasteiger partial charge on any atom is 0.267 e. The number of hydrogen-bond acceptors (Lipinski definition) is 5. The Morgan fingerprint density at radius 3 is 2.86 bits per heavy atom. The predicted octanol–water partition coefficient (Wildman–Crippen LogP) is 2.28. The van der Waals surface area contributed by atoms with Crippen LogP contribution in [0.4, 0.5) is 0 Å². The van der Waals surface area contributed by atoms with Crippen LogP contribution in [-0.2, 0) is 6.54 Å². The number of aromatic nitrogens is 3. The van der Waals surface area contributed by atoms with Gasteiger partial charge in [-0.1, -0.05) is 0 Å². The van der Waals surface area contributed by atoms with Crippen LogP contribution in [0.25, 0.3) is 0 Å². The first-order chi connectivity index (χ1) is 10.2. The summed E-state index contributed by atoms with van der Waals surface area (Å²) in [4.78, 5) is 16.2. The van der Waals surface area contributed by atoms with Crippen LogP contribution in [0.15, 0.2) is 27.8 Å². The summed E-state index contributed by atoms with van der Waals surface area (Å²) >= 11 is 1.63. The van der Waals surface area contributed by atoms with Crippen LogP contribution >= 0.6 is 11.3 Å². The highest BCUT2D eigenvalue weighted by Crippen LogP contribution is 2.27. The highest BCUT2D eigenvalue weighted by atomic mass is 32.1. The lowest BCUT2D eigenvalue weighted by atomic mass is 9.91. The molecule has 112 valence electrons. The first-order valence-electron chi connectivity index (χ1n) is 7.39. The van der Waals surface area contributed by atoms with Gasteiger partial charge in [-0.25, -0.2) is 9.67 Å². The molecule has 0 radical (unpaired) electrons. The summed E-state index contributed by atoms with van der Waals surface area (Å²) in [6, 6.07) is 4.16. The van der Waals surface area contributed by atoms with Crippen LogP contribution in [0.5, 0.6) is 0 Å². The zero-order chi connectivity index (χ0) is 14.7. The molecule has 0 saturated heterocycles. The van der Waals surface area contributed by atoms with Crippen LogP contribution in [0.2, 0.25) is 0 Å². The van der Waals surface area contributed by atoms with Gasteiger partial charge in [0.15, 0.2) is 0 Å². The van der Waals surface area contributed by atoms with E-state index in [4.69, 9.17) is 0 Å². The minimum Gasteiger partial charge on any atom is -0.308 e. The van der Waals surface area contributed by atoms with E-state index in [-0.39, 0.29) is 11.6 Å². The lowest BCUT2D eigenvalue weighted by Crippen LogP contribution is -2.36. The van der Waals surface area contributed by atoms with Gasteiger partial charge in [0.05, 0.1) is 22.9 Å². The third kappa shape index (κ3) is 3.57. The van der Waals surface area contributed by atoms with Crippen molar-refractivity contribution in [1.82, 2.24) is 20.1 Å². The number of hydrogen-bond donors (Lipinski definition) is 1. The summed E-state index contributed by atoms with van der Waals surface area (Å²) in [6.45, 7) is 2.76. The van der Waals surface area contributed by atoms with Crippen molar-refractivity contribution >= 4 is 11.3 Å². The molecule has 6 heteroatoms. The van der Waals surface area contributed by atoms with Gasteiger partial charge in [0.2, 0.25) is 0 Å². The van der Waals surface area contributed by atoms with Gasteiger partial charge in [-0.3, -0.25) is 4.79 Å². The molecule has 1 aliphatic rings. The van der Waals surface area contributed by atoms with E-state index in [2.05, 4.69) is 20.8 Å². The van der Waals surface area contributed by atoms with E-state index in [1.54, 1.807) is 28.2 Å². The zero-order valence-corrected chi connectivity index (χ0v) is 13.0. The standard InChI is InChI=1S/C15H20N4OS/c1-11-2-7-15(20)19(18-11)14-5-3-12(4-6-14)16-8-13-9-21-10-17-13/h2,7,9-10,12,14,16H,3-6,8H2,1H3. The fourth-order valence-corrected chi connectivity index (χ4v) is 3.44. The Balaban J connectivity index is 1.55. The van der Waals surface area contributed by atoms with Crippen molar-refractivity contribution in [3.05, 3.63) is 44.8 Å². The smallest absolute Gasteiger partial charge is 0.267 e. The Morgan fingerprint density at radius 2 is 2.14 bits per heavy atom. The number of nitrogens with one attached hydrogen (secondary N) is 1. The van der Waals surface area contributed by atoms with E-state index >= 15 is 0 Å². The molecule has 0 atom stereocenters. The summed E-state index contributed by atoms with van der Waals surface area (Å²) in [6.07, 6.45) is 4.17. The summed E-state index contributed by atoms with van der Waals surface area (Å²) in [5.41, 5.74) is 3.89. The molecule has 3 rings (SSSR count). The number of nitrogens with zero attached hydrogens (tertiary/aromatic N) is 3. The number of aryl methyl sites for hydroxylation is 1. The normalized spacial score (nSPS) is 22.3. The quantitative estimate of drug-likeness (QED) is 0.941. The lowest BCUT2D eigenvalue weighted by molar-refractivity contribution is 0.267. The van der Waals surface area contributed by atoms with Crippen LogP contribution in [0.3, 0.4) is 0 Å². The molecule has 1 fully saturated rings. The molecule has 2 heterocycles. The molecule has 5 nitrogen and oxygen atoms in total. The number of thiazole rings is 1. The van der Waals surface area contributed by atoms with E-state index in [1.807, 2.05) is 12.4 Å². The van der Waals surface area contributed by atoms with Crippen molar-refractivity contribution in [3.63, 3.8) is 0 Å². The van der Waals surface area contributed by atoms with Gasteiger partial charge in [-0.05, 0) is 38.7 Å². The van der Waals surface area contributed by atoms with Crippen molar-refractivity contribution < 1.29 is 0 Å². The topological polar surface area (TPSA) is 59.8 Å². The first-order valence-corrected chi connectivity index (χ1v) is 8.33. The molecule has 1 saturated carbocycles. The molecular weight excluding hydrogens is 284 g/mol. The molecule has 2 aromatic rings. The second-order valence-electron chi connectivity index (χ2n) is 5.62. The Labute approximate surface area is 128 Å². The highest BCUT2D eigenvalue weighted by molar-refractivity contribution is 7.07. The molecule has 21 heavy (non-hydrogen) atoms. The lowest BCUT2D eigenvalue weighted by Gasteiger charge is -2.29. The van der Waals surface area contributed by atoms with E-state index in [0.717, 1.165) is 43.6 Å². The average Bonchev–Trinajstić information content (AvgIpc) is 3.02. The van der Waals surface area contributed by atoms with E-state index < -0.39 is 0 Å². The second kappa shape index (κ2) is 6.49. The average molecular weight is 304 g/mol. The Bertz CT molecular complexity index is 629. The number of rotatable bonds is 4. The molecule has 1 aliphatic carbocycles. The van der Waals surface area contributed by atoms with Gasteiger partial charge in [0.25, 0.3) is 5.56 Å². The van der Waals surface area contributed by atoms with Crippen molar-refractivity contribution in [2.75, 3.05) is 0 Å². The van der Waals surface area contributed by atoms with Gasteiger partial charge < -0.3 is 5.32 Å². The van der Waals surface area contributed by atoms with E-state index in [9.17, 15) is 4.79 Å². The fourth-order valence-electron chi connectivity index (χ4n) is 2.88. The second-order valence-corrected chi connectivity index (χ2v) is 6.34. The van der Waals surface area contributed by atoms with Crippen LogP contribution in [0, 0.1) is 6.92 Å². The molecule has 0 aliphatic heterocycles. The largest absolute Gasteiger partial charge is 0.308 e. The maximum absolute atomic E-state index is 11.9. The summed E-state index contributed by atoms with van der Waals surface area (Å²) < 4.78 is 1.67. The fraction of sp³-hybridized carbons (Fsp3) is 0.533. The molecule has 0 unspecified atom stereocenters. The van der Waals surface area contributed by atoms with Crippen molar-refractivity contribution in [2.45, 2.75) is 51.2 Å². The van der Waals surface area contributed by atoms with Gasteiger partial charge in [-0.2, -0.15) is 5.10 Å². The zero-order valence-electron chi connectivity index (χ0n) is 12.2. The Hall–Kier alpha value is -1.53. The van der Waals surface area contributed by atoms with Gasteiger partial charge >= 0.3 is 0 Å². The molecule has 0 aromatic carbocycles. The van der Waals surface area contributed by atoms with E-state index in [1.165, 1.54) is 0 Å². The molecular formula is C15H20N4OS. The predicted molar refractivity (Wildman–Crippen MR) is 83.5 cm³/mol. The Kier molecular flexibility index (Phi) is 4.45. The molecule has 0 amide bonds. The molecule has 1 N–H and O–H groups in total. The van der Waals surface area contributed by atoms with Crippen LogP contribution < -0.4 is 10.9 Å². The van der Waals surface area contributed by atoms with Crippen LogP contribution in [-0.4, -0.2) is 20.8 Å². The molecule has 0 spiro atoms.